The average Bonchev–Trinajstić information content (AvgIpc) is 3.28. The summed E-state index contributed by atoms with van der Waals surface area (Å²) in [6, 6.07) is 15.5. The lowest BCUT2D eigenvalue weighted by Crippen LogP contribution is -2.24. The molecule has 1 aromatic heterocycles. The monoisotopic (exact) mass is 404 g/mol. The molecule has 0 aliphatic carbocycles. The molecule has 0 amide bonds. The maximum absolute atomic E-state index is 6.30. The Balaban J connectivity index is 1.82. The van der Waals surface area contributed by atoms with Crippen LogP contribution in [0.2, 0.25) is 10.0 Å². The summed E-state index contributed by atoms with van der Waals surface area (Å²) in [7, 11) is 0. The number of benzene rings is 2. The Morgan fingerprint density at radius 1 is 1.15 bits per heavy atom. The number of para-hydroxylation sites is 1. The van der Waals surface area contributed by atoms with E-state index >= 15 is 0 Å². The third-order valence-corrected chi connectivity index (χ3v) is 5.82. The minimum atomic E-state index is 0.215. The van der Waals surface area contributed by atoms with Crippen LogP contribution in [0.3, 0.4) is 0 Å². The Labute approximate surface area is 166 Å². The van der Waals surface area contributed by atoms with E-state index in [1.165, 1.54) is 0 Å². The van der Waals surface area contributed by atoms with Crippen LogP contribution in [0.1, 0.15) is 12.8 Å². The molecule has 0 radical (unpaired) electrons. The van der Waals surface area contributed by atoms with E-state index in [-0.39, 0.29) is 6.10 Å². The minimum Gasteiger partial charge on any atom is -0.376 e. The van der Waals surface area contributed by atoms with Crippen molar-refractivity contribution < 1.29 is 4.74 Å². The molecule has 1 aliphatic heterocycles. The Morgan fingerprint density at radius 3 is 2.81 bits per heavy atom. The SMILES string of the molecule is Clc1cccc(-c2csc(=Nc3ccccc3Cl)n2CC2CCCO2)c1. The van der Waals surface area contributed by atoms with Crippen molar-refractivity contribution in [1.82, 2.24) is 4.57 Å². The second kappa shape index (κ2) is 7.97. The third kappa shape index (κ3) is 3.89. The molecule has 3 nitrogen and oxygen atoms in total. The van der Waals surface area contributed by atoms with Crippen LogP contribution in [-0.4, -0.2) is 17.3 Å². The summed E-state index contributed by atoms with van der Waals surface area (Å²) in [6.07, 6.45) is 2.40. The molecule has 1 fully saturated rings. The van der Waals surface area contributed by atoms with Gasteiger partial charge in [-0.15, -0.1) is 11.3 Å². The minimum absolute atomic E-state index is 0.215. The molecule has 134 valence electrons. The largest absolute Gasteiger partial charge is 0.376 e. The van der Waals surface area contributed by atoms with Crippen LogP contribution in [0.25, 0.3) is 11.3 Å². The fourth-order valence-corrected chi connectivity index (χ4v) is 4.41. The Bertz CT molecular complexity index is 974. The van der Waals surface area contributed by atoms with Gasteiger partial charge in [-0.1, -0.05) is 47.5 Å². The van der Waals surface area contributed by atoms with E-state index in [1.54, 1.807) is 11.3 Å². The third-order valence-electron chi connectivity index (χ3n) is 4.40. The van der Waals surface area contributed by atoms with Crippen LogP contribution in [-0.2, 0) is 11.3 Å². The Hall–Kier alpha value is -1.59. The lowest BCUT2D eigenvalue weighted by atomic mass is 10.1. The molecule has 0 bridgehead atoms. The smallest absolute Gasteiger partial charge is 0.190 e. The molecule has 6 heteroatoms. The predicted molar refractivity (Wildman–Crippen MR) is 108 cm³/mol. The zero-order chi connectivity index (χ0) is 17.9. The topological polar surface area (TPSA) is 26.5 Å². The highest BCUT2D eigenvalue weighted by molar-refractivity contribution is 7.07. The van der Waals surface area contributed by atoms with Gasteiger partial charge in [0.2, 0.25) is 0 Å². The molecular formula is C20H18Cl2N2OS. The van der Waals surface area contributed by atoms with E-state index in [0.717, 1.165) is 52.8 Å². The average molecular weight is 405 g/mol. The molecule has 0 saturated carbocycles. The summed E-state index contributed by atoms with van der Waals surface area (Å²) in [6.45, 7) is 1.60. The predicted octanol–water partition coefficient (Wildman–Crippen LogP) is 5.93. The van der Waals surface area contributed by atoms with Gasteiger partial charge in [-0.05, 0) is 37.1 Å². The zero-order valence-electron chi connectivity index (χ0n) is 14.1. The molecule has 3 aromatic rings. The Kier molecular flexibility index (Phi) is 5.46. The molecule has 26 heavy (non-hydrogen) atoms. The second-order valence-corrected chi connectivity index (χ2v) is 7.90. The van der Waals surface area contributed by atoms with Crippen LogP contribution < -0.4 is 4.80 Å². The van der Waals surface area contributed by atoms with E-state index in [1.807, 2.05) is 42.5 Å². The van der Waals surface area contributed by atoms with Crippen molar-refractivity contribution in [2.24, 2.45) is 4.99 Å². The van der Waals surface area contributed by atoms with Gasteiger partial charge in [0.15, 0.2) is 4.80 Å². The number of aromatic nitrogens is 1. The summed E-state index contributed by atoms with van der Waals surface area (Å²) >= 11 is 14.1. The molecule has 2 heterocycles. The maximum Gasteiger partial charge on any atom is 0.190 e. The molecule has 1 atom stereocenters. The summed E-state index contributed by atoms with van der Waals surface area (Å²) in [4.78, 5) is 5.72. The van der Waals surface area contributed by atoms with Crippen molar-refractivity contribution >= 4 is 40.2 Å². The van der Waals surface area contributed by atoms with Crippen molar-refractivity contribution in [3.05, 3.63) is 68.8 Å². The van der Waals surface area contributed by atoms with Crippen molar-refractivity contribution in [1.29, 1.82) is 0 Å². The fraction of sp³-hybridized carbons (Fsp3) is 0.250. The van der Waals surface area contributed by atoms with E-state index < -0.39 is 0 Å². The van der Waals surface area contributed by atoms with Gasteiger partial charge in [-0.25, -0.2) is 4.99 Å². The first kappa shape index (κ1) is 17.8. The standard InChI is InChI=1S/C20H18Cl2N2OS/c21-15-6-3-5-14(11-15)19-13-26-20(23-18-9-2-1-8-17(18)22)24(19)12-16-7-4-10-25-16/h1-3,5-6,8-9,11,13,16H,4,7,10,12H2. The summed E-state index contributed by atoms with van der Waals surface area (Å²) in [5.74, 6) is 0. The Morgan fingerprint density at radius 2 is 2.04 bits per heavy atom. The number of hydrogen-bond acceptors (Lipinski definition) is 3. The molecule has 1 saturated heterocycles. The molecular weight excluding hydrogens is 387 g/mol. The molecule has 1 aliphatic rings. The van der Waals surface area contributed by atoms with Gasteiger partial charge in [-0.3, -0.25) is 0 Å². The first-order valence-corrected chi connectivity index (χ1v) is 10.2. The number of thiazole rings is 1. The van der Waals surface area contributed by atoms with Crippen molar-refractivity contribution in [3.63, 3.8) is 0 Å². The number of hydrogen-bond donors (Lipinski definition) is 0. The van der Waals surface area contributed by atoms with Gasteiger partial charge >= 0.3 is 0 Å². The van der Waals surface area contributed by atoms with Crippen LogP contribution in [0.5, 0.6) is 0 Å². The summed E-state index contributed by atoms with van der Waals surface area (Å²) in [5, 5.41) is 3.49. The first-order valence-electron chi connectivity index (χ1n) is 8.56. The van der Waals surface area contributed by atoms with Gasteiger partial charge < -0.3 is 9.30 Å². The zero-order valence-corrected chi connectivity index (χ0v) is 16.4. The highest BCUT2D eigenvalue weighted by atomic mass is 35.5. The first-order chi connectivity index (χ1) is 12.7. The molecule has 0 N–H and O–H groups in total. The quantitative estimate of drug-likeness (QED) is 0.528. The highest BCUT2D eigenvalue weighted by Gasteiger charge is 2.19. The number of nitrogens with zero attached hydrogens (tertiary/aromatic N) is 2. The van der Waals surface area contributed by atoms with Crippen molar-refractivity contribution in [2.45, 2.75) is 25.5 Å². The molecule has 1 unspecified atom stereocenters. The fourth-order valence-electron chi connectivity index (χ4n) is 3.11. The van der Waals surface area contributed by atoms with Gasteiger partial charge in [-0.2, -0.15) is 0 Å². The van der Waals surface area contributed by atoms with Crippen molar-refractivity contribution in [2.75, 3.05) is 6.61 Å². The lowest BCUT2D eigenvalue weighted by Gasteiger charge is -2.14. The molecule has 2 aromatic carbocycles. The van der Waals surface area contributed by atoms with Crippen LogP contribution >= 0.6 is 34.5 Å². The maximum atomic E-state index is 6.30. The van der Waals surface area contributed by atoms with Gasteiger partial charge in [0.25, 0.3) is 0 Å². The molecule has 4 rings (SSSR count). The number of halogens is 2. The van der Waals surface area contributed by atoms with E-state index in [0.29, 0.717) is 5.02 Å². The summed E-state index contributed by atoms with van der Waals surface area (Å²) < 4.78 is 8.08. The van der Waals surface area contributed by atoms with Crippen LogP contribution in [0.4, 0.5) is 5.69 Å². The van der Waals surface area contributed by atoms with Crippen LogP contribution in [0.15, 0.2) is 58.9 Å². The molecule has 0 spiro atoms. The van der Waals surface area contributed by atoms with Crippen LogP contribution in [0, 0.1) is 0 Å². The summed E-state index contributed by atoms with van der Waals surface area (Å²) in [5.41, 5.74) is 2.95. The normalized spacial score (nSPS) is 17.8. The number of rotatable bonds is 4. The van der Waals surface area contributed by atoms with E-state index in [4.69, 9.17) is 32.9 Å². The van der Waals surface area contributed by atoms with Gasteiger partial charge in [0.05, 0.1) is 29.1 Å². The van der Waals surface area contributed by atoms with Gasteiger partial charge in [0, 0.05) is 22.6 Å². The van der Waals surface area contributed by atoms with E-state index in [2.05, 4.69) is 16.0 Å². The lowest BCUT2D eigenvalue weighted by molar-refractivity contribution is 0.0968. The number of ether oxygens (including phenoxy) is 1. The van der Waals surface area contributed by atoms with Crippen molar-refractivity contribution in [3.8, 4) is 11.3 Å². The van der Waals surface area contributed by atoms with Gasteiger partial charge in [0.1, 0.15) is 0 Å². The highest BCUT2D eigenvalue weighted by Crippen LogP contribution is 2.27. The second-order valence-electron chi connectivity index (χ2n) is 6.22. The van der Waals surface area contributed by atoms with E-state index in [9.17, 15) is 0 Å².